The van der Waals surface area contributed by atoms with E-state index in [9.17, 15) is 26.3 Å². The number of rotatable bonds is 4. The fraction of sp³-hybridized carbons (Fsp3) is 0.455. The highest BCUT2D eigenvalue weighted by Gasteiger charge is 2.32. The van der Waals surface area contributed by atoms with Crippen LogP contribution in [-0.4, -0.2) is 12.5 Å². The van der Waals surface area contributed by atoms with E-state index >= 15 is 0 Å². The quantitative estimate of drug-likeness (QED) is 0.824. The van der Waals surface area contributed by atoms with Gasteiger partial charge in [-0.15, -0.1) is 13.2 Å². The summed E-state index contributed by atoms with van der Waals surface area (Å²) in [6.07, 6.45) is -10.7. The standard InChI is InChI=1S/C11H10ClF6NO/c12-7-5-6(8(19)3-4-10(13,14)15)1-2-9(7)20-11(16,17)18/h1-2,5,8H,3-4,19H2/t8-/m1/s1. The average molecular weight is 322 g/mol. The molecule has 0 aromatic heterocycles. The molecule has 20 heavy (non-hydrogen) atoms. The van der Waals surface area contributed by atoms with E-state index in [1.54, 1.807) is 0 Å². The van der Waals surface area contributed by atoms with Crippen molar-refractivity contribution < 1.29 is 31.1 Å². The summed E-state index contributed by atoms with van der Waals surface area (Å²) in [5, 5.41) is -0.373. The van der Waals surface area contributed by atoms with Crippen LogP contribution in [0, 0.1) is 0 Å². The first-order valence-corrected chi connectivity index (χ1v) is 5.73. The Morgan fingerprint density at radius 2 is 1.75 bits per heavy atom. The minimum Gasteiger partial charge on any atom is -0.404 e. The fourth-order valence-electron chi connectivity index (χ4n) is 1.44. The predicted molar refractivity (Wildman–Crippen MR) is 60.4 cm³/mol. The van der Waals surface area contributed by atoms with Gasteiger partial charge in [-0.25, -0.2) is 0 Å². The third-order valence-corrected chi connectivity index (χ3v) is 2.64. The van der Waals surface area contributed by atoms with Gasteiger partial charge in [0.25, 0.3) is 0 Å². The Balaban J connectivity index is 2.76. The first kappa shape index (κ1) is 16.9. The van der Waals surface area contributed by atoms with Crippen LogP contribution in [0.25, 0.3) is 0 Å². The highest BCUT2D eigenvalue weighted by molar-refractivity contribution is 6.32. The lowest BCUT2D eigenvalue weighted by atomic mass is 10.0. The second-order valence-corrected chi connectivity index (χ2v) is 4.41. The molecule has 1 aromatic rings. The Hall–Kier alpha value is -1.15. The van der Waals surface area contributed by atoms with Crippen LogP contribution in [0.15, 0.2) is 18.2 Å². The van der Waals surface area contributed by atoms with Crippen LogP contribution in [-0.2, 0) is 0 Å². The lowest BCUT2D eigenvalue weighted by Gasteiger charge is -2.16. The number of benzene rings is 1. The summed E-state index contributed by atoms with van der Waals surface area (Å²) in [6.45, 7) is 0. The maximum atomic E-state index is 12.0. The molecular formula is C11H10ClF6NO. The van der Waals surface area contributed by atoms with Gasteiger partial charge in [-0.2, -0.15) is 13.2 Å². The molecule has 1 atom stereocenters. The monoisotopic (exact) mass is 321 g/mol. The van der Waals surface area contributed by atoms with Gasteiger partial charge in [-0.1, -0.05) is 17.7 Å². The summed E-state index contributed by atoms with van der Waals surface area (Å²) in [4.78, 5) is 0. The van der Waals surface area contributed by atoms with Crippen molar-refractivity contribution in [2.24, 2.45) is 5.73 Å². The maximum Gasteiger partial charge on any atom is 0.573 e. The number of ether oxygens (including phenoxy) is 1. The zero-order chi connectivity index (χ0) is 15.6. The zero-order valence-corrected chi connectivity index (χ0v) is 10.6. The van der Waals surface area contributed by atoms with Gasteiger partial charge in [0, 0.05) is 12.5 Å². The van der Waals surface area contributed by atoms with Crippen LogP contribution < -0.4 is 10.5 Å². The summed E-state index contributed by atoms with van der Waals surface area (Å²) in [7, 11) is 0. The summed E-state index contributed by atoms with van der Waals surface area (Å²) in [5.74, 6) is -0.633. The second kappa shape index (κ2) is 6.09. The summed E-state index contributed by atoms with van der Waals surface area (Å²) >= 11 is 5.57. The zero-order valence-electron chi connectivity index (χ0n) is 9.85. The molecule has 0 spiro atoms. The van der Waals surface area contributed by atoms with Crippen LogP contribution >= 0.6 is 11.6 Å². The molecule has 114 valence electrons. The normalized spacial score (nSPS) is 14.2. The molecule has 2 N–H and O–H groups in total. The molecular weight excluding hydrogens is 312 g/mol. The Morgan fingerprint density at radius 1 is 1.15 bits per heavy atom. The van der Waals surface area contributed by atoms with Crippen LogP contribution in [0.5, 0.6) is 5.75 Å². The van der Waals surface area contributed by atoms with Crippen LogP contribution in [0.2, 0.25) is 5.02 Å². The van der Waals surface area contributed by atoms with Gasteiger partial charge in [-0.05, 0) is 24.1 Å². The molecule has 0 saturated carbocycles. The topological polar surface area (TPSA) is 35.2 Å². The lowest BCUT2D eigenvalue weighted by Crippen LogP contribution is -2.18. The molecule has 0 radical (unpaired) electrons. The van der Waals surface area contributed by atoms with E-state index in [2.05, 4.69) is 4.74 Å². The van der Waals surface area contributed by atoms with Crippen LogP contribution in [0.1, 0.15) is 24.4 Å². The van der Waals surface area contributed by atoms with Crippen LogP contribution in [0.4, 0.5) is 26.3 Å². The van der Waals surface area contributed by atoms with Gasteiger partial charge < -0.3 is 10.5 Å². The SMILES string of the molecule is N[C@H](CCC(F)(F)F)c1ccc(OC(F)(F)F)c(Cl)c1. The minimum absolute atomic E-state index is 0.203. The van der Waals surface area contributed by atoms with Crippen molar-refractivity contribution in [3.8, 4) is 5.75 Å². The molecule has 0 aliphatic carbocycles. The number of hydrogen-bond acceptors (Lipinski definition) is 2. The molecule has 0 fully saturated rings. The minimum atomic E-state index is -4.90. The predicted octanol–water partition coefficient (Wildman–Crippen LogP) is 4.58. The van der Waals surface area contributed by atoms with Gasteiger partial charge in [0.05, 0.1) is 5.02 Å². The van der Waals surface area contributed by atoms with Crippen molar-refractivity contribution >= 4 is 11.6 Å². The Labute approximate surface area is 115 Å². The first-order chi connectivity index (χ1) is 8.98. The summed E-state index contributed by atoms with van der Waals surface area (Å²) in [5.41, 5.74) is 5.73. The molecule has 0 heterocycles. The van der Waals surface area contributed by atoms with Gasteiger partial charge in [0.2, 0.25) is 0 Å². The molecule has 0 saturated heterocycles. The molecule has 0 unspecified atom stereocenters. The lowest BCUT2D eigenvalue weighted by molar-refractivity contribution is -0.274. The summed E-state index contributed by atoms with van der Waals surface area (Å²) < 4.78 is 75.7. The number of nitrogens with two attached hydrogens (primary N) is 1. The van der Waals surface area contributed by atoms with Crippen molar-refractivity contribution in [1.82, 2.24) is 0 Å². The van der Waals surface area contributed by atoms with Crippen molar-refractivity contribution in [2.75, 3.05) is 0 Å². The van der Waals surface area contributed by atoms with Gasteiger partial charge in [-0.3, -0.25) is 0 Å². The van der Waals surface area contributed by atoms with E-state index in [0.717, 1.165) is 18.2 Å². The molecule has 9 heteroatoms. The molecule has 0 amide bonds. The molecule has 0 bridgehead atoms. The molecule has 2 nitrogen and oxygen atoms in total. The molecule has 1 aromatic carbocycles. The Morgan fingerprint density at radius 3 is 2.20 bits per heavy atom. The number of hydrogen-bond donors (Lipinski definition) is 1. The maximum absolute atomic E-state index is 12.0. The van der Waals surface area contributed by atoms with E-state index < -0.39 is 30.8 Å². The Kier molecular flexibility index (Phi) is 5.15. The van der Waals surface area contributed by atoms with E-state index in [0.29, 0.717) is 0 Å². The number of alkyl halides is 6. The second-order valence-electron chi connectivity index (χ2n) is 4.00. The van der Waals surface area contributed by atoms with Crippen molar-refractivity contribution in [3.05, 3.63) is 28.8 Å². The number of halogens is 7. The van der Waals surface area contributed by atoms with Gasteiger partial charge in [0.1, 0.15) is 5.75 Å². The molecule has 1 rings (SSSR count). The highest BCUT2D eigenvalue weighted by Crippen LogP contribution is 2.33. The molecule has 0 aliphatic heterocycles. The average Bonchev–Trinajstić information content (AvgIpc) is 2.26. The summed E-state index contributed by atoms with van der Waals surface area (Å²) in [6, 6.07) is 2.14. The van der Waals surface area contributed by atoms with Crippen molar-refractivity contribution in [2.45, 2.75) is 31.4 Å². The van der Waals surface area contributed by atoms with Crippen molar-refractivity contribution in [3.63, 3.8) is 0 Å². The third kappa shape index (κ3) is 5.87. The van der Waals surface area contributed by atoms with Gasteiger partial charge >= 0.3 is 12.5 Å². The molecule has 0 aliphatic rings. The third-order valence-electron chi connectivity index (χ3n) is 2.35. The van der Waals surface area contributed by atoms with E-state index in [1.807, 2.05) is 0 Å². The van der Waals surface area contributed by atoms with E-state index in [-0.39, 0.29) is 17.0 Å². The van der Waals surface area contributed by atoms with E-state index in [1.165, 1.54) is 0 Å². The highest BCUT2D eigenvalue weighted by atomic mass is 35.5. The Bertz CT molecular complexity index is 459. The van der Waals surface area contributed by atoms with Crippen molar-refractivity contribution in [1.29, 1.82) is 0 Å². The fourth-order valence-corrected chi connectivity index (χ4v) is 1.67. The smallest absolute Gasteiger partial charge is 0.404 e. The first-order valence-electron chi connectivity index (χ1n) is 5.35. The van der Waals surface area contributed by atoms with Crippen LogP contribution in [0.3, 0.4) is 0 Å². The largest absolute Gasteiger partial charge is 0.573 e. The van der Waals surface area contributed by atoms with E-state index in [4.69, 9.17) is 17.3 Å². The van der Waals surface area contributed by atoms with Gasteiger partial charge in [0.15, 0.2) is 0 Å².